The van der Waals surface area contributed by atoms with Crippen molar-refractivity contribution in [1.82, 2.24) is 4.90 Å². The number of amides is 1. The molecule has 0 aromatic carbocycles. The Bertz CT molecular complexity index is 192. The van der Waals surface area contributed by atoms with Crippen LogP contribution in [0.15, 0.2) is 0 Å². The number of carbonyl (C=O) groups excluding carboxylic acids is 1. The SMILES string of the molecule is Cl.NCCOCCN1CCCC1C(N)=O. The first kappa shape index (κ1) is 14.6. The molecule has 90 valence electrons. The summed E-state index contributed by atoms with van der Waals surface area (Å²) in [5.41, 5.74) is 10.6. The highest BCUT2D eigenvalue weighted by Gasteiger charge is 2.28. The summed E-state index contributed by atoms with van der Waals surface area (Å²) in [6.07, 6.45) is 1.93. The van der Waals surface area contributed by atoms with Crippen molar-refractivity contribution in [3.8, 4) is 0 Å². The van der Waals surface area contributed by atoms with E-state index in [1.165, 1.54) is 0 Å². The van der Waals surface area contributed by atoms with Crippen molar-refractivity contribution in [2.24, 2.45) is 11.5 Å². The monoisotopic (exact) mass is 237 g/mol. The lowest BCUT2D eigenvalue weighted by atomic mass is 10.2. The van der Waals surface area contributed by atoms with Crippen molar-refractivity contribution in [3.05, 3.63) is 0 Å². The first-order chi connectivity index (χ1) is 6.75. The van der Waals surface area contributed by atoms with Gasteiger partial charge in [0, 0.05) is 13.1 Å². The predicted molar refractivity (Wildman–Crippen MR) is 60.9 cm³/mol. The lowest BCUT2D eigenvalue weighted by molar-refractivity contribution is -0.122. The van der Waals surface area contributed by atoms with Crippen LogP contribution in [0.3, 0.4) is 0 Å². The lowest BCUT2D eigenvalue weighted by Gasteiger charge is -2.21. The van der Waals surface area contributed by atoms with Crippen LogP contribution in [0.1, 0.15) is 12.8 Å². The van der Waals surface area contributed by atoms with Crippen LogP contribution < -0.4 is 11.5 Å². The molecule has 6 heteroatoms. The van der Waals surface area contributed by atoms with E-state index in [0.717, 1.165) is 25.9 Å². The number of hydrogen-bond donors (Lipinski definition) is 2. The van der Waals surface area contributed by atoms with Gasteiger partial charge >= 0.3 is 0 Å². The molecule has 0 saturated carbocycles. The zero-order valence-electron chi connectivity index (χ0n) is 8.85. The van der Waals surface area contributed by atoms with Crippen LogP contribution in [0.25, 0.3) is 0 Å². The van der Waals surface area contributed by atoms with Gasteiger partial charge in [-0.25, -0.2) is 0 Å². The smallest absolute Gasteiger partial charge is 0.234 e. The molecule has 1 amide bonds. The third-order valence-electron chi connectivity index (χ3n) is 2.48. The Kier molecular flexibility index (Phi) is 7.68. The summed E-state index contributed by atoms with van der Waals surface area (Å²) in [5, 5.41) is 0. The van der Waals surface area contributed by atoms with Gasteiger partial charge in [-0.15, -0.1) is 12.4 Å². The summed E-state index contributed by atoms with van der Waals surface area (Å²) in [5.74, 6) is -0.221. The number of likely N-dealkylation sites (tertiary alicyclic amines) is 1. The maximum Gasteiger partial charge on any atom is 0.234 e. The summed E-state index contributed by atoms with van der Waals surface area (Å²) >= 11 is 0. The average molecular weight is 238 g/mol. The second-order valence-corrected chi connectivity index (χ2v) is 3.50. The minimum Gasteiger partial charge on any atom is -0.379 e. The van der Waals surface area contributed by atoms with Gasteiger partial charge in [-0.2, -0.15) is 0 Å². The fourth-order valence-corrected chi connectivity index (χ4v) is 1.78. The van der Waals surface area contributed by atoms with Crippen LogP contribution in [-0.2, 0) is 9.53 Å². The van der Waals surface area contributed by atoms with Crippen molar-refractivity contribution in [2.75, 3.05) is 32.8 Å². The van der Waals surface area contributed by atoms with E-state index in [-0.39, 0.29) is 24.4 Å². The van der Waals surface area contributed by atoms with E-state index < -0.39 is 0 Å². The fraction of sp³-hybridized carbons (Fsp3) is 0.889. The third kappa shape index (κ3) is 4.79. The van der Waals surface area contributed by atoms with E-state index in [9.17, 15) is 4.79 Å². The minimum absolute atomic E-state index is 0. The number of halogens is 1. The summed E-state index contributed by atoms with van der Waals surface area (Å²) in [6, 6.07) is -0.0866. The van der Waals surface area contributed by atoms with E-state index in [2.05, 4.69) is 4.90 Å². The second-order valence-electron chi connectivity index (χ2n) is 3.50. The van der Waals surface area contributed by atoms with Crippen molar-refractivity contribution in [1.29, 1.82) is 0 Å². The second kappa shape index (κ2) is 7.87. The normalized spacial score (nSPS) is 21.3. The van der Waals surface area contributed by atoms with E-state index in [4.69, 9.17) is 16.2 Å². The molecule has 1 heterocycles. The number of carbonyl (C=O) groups is 1. The highest BCUT2D eigenvalue weighted by Crippen LogP contribution is 2.15. The summed E-state index contributed by atoms with van der Waals surface area (Å²) in [6.45, 7) is 3.46. The van der Waals surface area contributed by atoms with Gasteiger partial charge in [-0.1, -0.05) is 0 Å². The molecular weight excluding hydrogens is 218 g/mol. The topological polar surface area (TPSA) is 81.6 Å². The first-order valence-corrected chi connectivity index (χ1v) is 5.07. The summed E-state index contributed by atoms with van der Waals surface area (Å²) < 4.78 is 5.25. The Balaban J connectivity index is 0.00000196. The molecule has 0 aromatic rings. The maximum absolute atomic E-state index is 11.0. The van der Waals surface area contributed by atoms with Gasteiger partial charge in [-0.05, 0) is 19.4 Å². The average Bonchev–Trinajstić information content (AvgIpc) is 2.60. The minimum atomic E-state index is -0.221. The quantitative estimate of drug-likeness (QED) is 0.601. The Morgan fingerprint density at radius 1 is 1.47 bits per heavy atom. The molecule has 0 spiro atoms. The van der Waals surface area contributed by atoms with Gasteiger partial charge in [0.05, 0.1) is 19.3 Å². The molecule has 15 heavy (non-hydrogen) atoms. The van der Waals surface area contributed by atoms with Crippen molar-refractivity contribution in [2.45, 2.75) is 18.9 Å². The van der Waals surface area contributed by atoms with Crippen molar-refractivity contribution < 1.29 is 9.53 Å². The molecule has 1 rings (SSSR count). The summed E-state index contributed by atoms with van der Waals surface area (Å²) in [4.78, 5) is 13.1. The van der Waals surface area contributed by atoms with Crippen LogP contribution >= 0.6 is 12.4 Å². The number of hydrogen-bond acceptors (Lipinski definition) is 4. The molecule has 1 atom stereocenters. The molecular formula is C9H20ClN3O2. The van der Waals surface area contributed by atoms with E-state index in [1.807, 2.05) is 0 Å². The molecule has 1 saturated heterocycles. The fourth-order valence-electron chi connectivity index (χ4n) is 1.78. The van der Waals surface area contributed by atoms with Crippen LogP contribution in [0.4, 0.5) is 0 Å². The van der Waals surface area contributed by atoms with Gasteiger partial charge in [0.15, 0.2) is 0 Å². The van der Waals surface area contributed by atoms with Crippen molar-refractivity contribution in [3.63, 3.8) is 0 Å². The molecule has 5 nitrogen and oxygen atoms in total. The Morgan fingerprint density at radius 2 is 2.20 bits per heavy atom. The third-order valence-corrected chi connectivity index (χ3v) is 2.48. The molecule has 1 aliphatic rings. The molecule has 1 unspecified atom stereocenters. The van der Waals surface area contributed by atoms with Gasteiger partial charge in [0.1, 0.15) is 0 Å². The Labute approximate surface area is 96.5 Å². The van der Waals surface area contributed by atoms with Crippen LogP contribution in [0.2, 0.25) is 0 Å². The standard InChI is InChI=1S/C9H19N3O2.ClH/c10-3-6-14-7-5-12-4-1-2-8(12)9(11)13;/h8H,1-7,10H2,(H2,11,13);1H. The lowest BCUT2D eigenvalue weighted by Crippen LogP contribution is -2.41. The molecule has 4 N–H and O–H groups in total. The first-order valence-electron chi connectivity index (χ1n) is 5.07. The van der Waals surface area contributed by atoms with Gasteiger partial charge in [0.2, 0.25) is 5.91 Å². The zero-order chi connectivity index (χ0) is 10.4. The summed E-state index contributed by atoms with van der Waals surface area (Å²) in [7, 11) is 0. The van der Waals surface area contributed by atoms with Gasteiger partial charge < -0.3 is 16.2 Å². The van der Waals surface area contributed by atoms with Gasteiger partial charge in [-0.3, -0.25) is 9.69 Å². The van der Waals surface area contributed by atoms with Crippen molar-refractivity contribution >= 4 is 18.3 Å². The Hall–Kier alpha value is -0.360. The van der Waals surface area contributed by atoms with Crippen LogP contribution in [0.5, 0.6) is 0 Å². The number of rotatable bonds is 6. The largest absolute Gasteiger partial charge is 0.379 e. The Morgan fingerprint density at radius 3 is 2.80 bits per heavy atom. The number of primary amides is 1. The zero-order valence-corrected chi connectivity index (χ0v) is 9.67. The van der Waals surface area contributed by atoms with Gasteiger partial charge in [0.25, 0.3) is 0 Å². The number of nitrogens with two attached hydrogens (primary N) is 2. The van der Waals surface area contributed by atoms with E-state index >= 15 is 0 Å². The van der Waals surface area contributed by atoms with Crippen LogP contribution in [0, 0.1) is 0 Å². The molecule has 1 fully saturated rings. The van der Waals surface area contributed by atoms with E-state index in [1.54, 1.807) is 0 Å². The molecule has 0 aromatic heterocycles. The van der Waals surface area contributed by atoms with E-state index in [0.29, 0.717) is 19.8 Å². The highest BCUT2D eigenvalue weighted by atomic mass is 35.5. The highest BCUT2D eigenvalue weighted by molar-refractivity contribution is 5.85. The molecule has 0 aliphatic carbocycles. The number of ether oxygens (including phenoxy) is 1. The predicted octanol–water partition coefficient (Wildman–Crippen LogP) is -0.667. The number of nitrogens with zero attached hydrogens (tertiary/aromatic N) is 1. The molecule has 1 aliphatic heterocycles. The molecule has 0 bridgehead atoms. The maximum atomic E-state index is 11.0. The molecule has 0 radical (unpaired) electrons. The van der Waals surface area contributed by atoms with Crippen LogP contribution in [-0.4, -0.2) is 49.7 Å².